The van der Waals surface area contributed by atoms with E-state index >= 15 is 0 Å². The molecule has 0 unspecified atom stereocenters. The molecule has 0 saturated heterocycles. The van der Waals surface area contributed by atoms with Gasteiger partial charge < -0.3 is 15.0 Å². The van der Waals surface area contributed by atoms with Crippen LogP contribution >= 0.6 is 0 Å². The first-order valence-electron chi connectivity index (χ1n) is 14.5. The van der Waals surface area contributed by atoms with Gasteiger partial charge in [0.1, 0.15) is 18.3 Å². The van der Waals surface area contributed by atoms with E-state index in [4.69, 9.17) is 4.74 Å². The lowest BCUT2D eigenvalue weighted by atomic mass is 10.1. The molecule has 226 valence electrons. The normalized spacial score (nSPS) is 12.7. The number of nitrogens with zero attached hydrogens (tertiary/aromatic N) is 2. The van der Waals surface area contributed by atoms with Gasteiger partial charge in [-0.3, -0.25) is 13.9 Å². The Labute approximate surface area is 250 Å². The number of carbonyl (C=O) groups excluding carboxylic acids is 2. The largest absolute Gasteiger partial charge is 0.494 e. The maximum atomic E-state index is 14.2. The third-order valence-corrected chi connectivity index (χ3v) is 8.97. The van der Waals surface area contributed by atoms with Crippen molar-refractivity contribution in [2.24, 2.45) is 0 Å². The number of rotatable bonds is 14. The van der Waals surface area contributed by atoms with Gasteiger partial charge in [-0.1, -0.05) is 61.4 Å². The third kappa shape index (κ3) is 8.35. The van der Waals surface area contributed by atoms with Crippen LogP contribution in [0.5, 0.6) is 5.75 Å². The number of sulfonamides is 1. The summed E-state index contributed by atoms with van der Waals surface area (Å²) >= 11 is 0. The Morgan fingerprint density at radius 3 is 1.93 bits per heavy atom. The number of carbonyl (C=O) groups is 2. The maximum absolute atomic E-state index is 14.2. The van der Waals surface area contributed by atoms with E-state index in [0.29, 0.717) is 24.5 Å². The fourth-order valence-electron chi connectivity index (χ4n) is 4.49. The van der Waals surface area contributed by atoms with Crippen molar-refractivity contribution in [3.8, 4) is 5.75 Å². The van der Waals surface area contributed by atoms with Crippen LogP contribution in [-0.4, -0.2) is 50.4 Å². The predicted molar refractivity (Wildman–Crippen MR) is 167 cm³/mol. The molecular formula is C33H43N3O5S. The summed E-state index contributed by atoms with van der Waals surface area (Å²) in [6.45, 7) is 11.6. The van der Waals surface area contributed by atoms with Crippen molar-refractivity contribution >= 4 is 27.5 Å². The summed E-state index contributed by atoms with van der Waals surface area (Å²) in [6, 6.07) is 20.0. The molecule has 2 atom stereocenters. The van der Waals surface area contributed by atoms with Gasteiger partial charge in [0.05, 0.1) is 17.2 Å². The molecule has 3 rings (SSSR count). The number of aryl methyl sites for hydroxylation is 2. The van der Waals surface area contributed by atoms with Crippen LogP contribution in [0, 0.1) is 13.8 Å². The molecular weight excluding hydrogens is 550 g/mol. The summed E-state index contributed by atoms with van der Waals surface area (Å²) < 4.78 is 34.7. The highest BCUT2D eigenvalue weighted by molar-refractivity contribution is 7.92. The number of hydrogen-bond acceptors (Lipinski definition) is 5. The van der Waals surface area contributed by atoms with Gasteiger partial charge in [-0.15, -0.1) is 0 Å². The highest BCUT2D eigenvalue weighted by Gasteiger charge is 2.34. The molecule has 8 nitrogen and oxygen atoms in total. The van der Waals surface area contributed by atoms with Crippen LogP contribution in [0.3, 0.4) is 0 Å². The fourth-order valence-corrected chi connectivity index (χ4v) is 5.91. The summed E-state index contributed by atoms with van der Waals surface area (Å²) in [5, 5.41) is 3.00. The highest BCUT2D eigenvalue weighted by atomic mass is 32.2. The summed E-state index contributed by atoms with van der Waals surface area (Å²) in [6.07, 6.45) is 1.12. The molecule has 0 fully saturated rings. The molecule has 1 N–H and O–H groups in total. The molecule has 0 aliphatic rings. The van der Waals surface area contributed by atoms with Crippen molar-refractivity contribution < 1.29 is 22.7 Å². The minimum absolute atomic E-state index is 0.0333. The molecule has 0 radical (unpaired) electrons. The Hall–Kier alpha value is -3.85. The van der Waals surface area contributed by atoms with Crippen LogP contribution in [0.25, 0.3) is 0 Å². The second-order valence-corrected chi connectivity index (χ2v) is 12.4. The highest BCUT2D eigenvalue weighted by Crippen LogP contribution is 2.26. The van der Waals surface area contributed by atoms with Crippen LogP contribution < -0.4 is 14.4 Å². The molecule has 3 aromatic rings. The summed E-state index contributed by atoms with van der Waals surface area (Å²) in [7, 11) is -4.15. The van der Waals surface area contributed by atoms with Gasteiger partial charge in [-0.25, -0.2) is 8.42 Å². The average molecular weight is 594 g/mol. The Morgan fingerprint density at radius 1 is 0.833 bits per heavy atom. The van der Waals surface area contributed by atoms with E-state index in [1.165, 1.54) is 17.0 Å². The number of benzene rings is 3. The maximum Gasteiger partial charge on any atom is 0.264 e. The summed E-state index contributed by atoms with van der Waals surface area (Å²) in [4.78, 5) is 29.1. The van der Waals surface area contributed by atoms with Crippen molar-refractivity contribution in [2.75, 3.05) is 17.5 Å². The number of nitrogens with one attached hydrogen (secondary N) is 1. The van der Waals surface area contributed by atoms with Crippen molar-refractivity contribution in [3.63, 3.8) is 0 Å². The quantitative estimate of drug-likeness (QED) is 0.262. The molecule has 9 heteroatoms. The van der Waals surface area contributed by atoms with E-state index in [0.717, 1.165) is 27.4 Å². The monoisotopic (exact) mass is 593 g/mol. The number of ether oxygens (including phenoxy) is 1. The van der Waals surface area contributed by atoms with E-state index in [-0.39, 0.29) is 23.4 Å². The van der Waals surface area contributed by atoms with E-state index < -0.39 is 28.5 Å². The lowest BCUT2D eigenvalue weighted by Gasteiger charge is -2.33. The van der Waals surface area contributed by atoms with E-state index in [9.17, 15) is 18.0 Å². The average Bonchev–Trinajstić information content (AvgIpc) is 2.97. The standard InChI is InChI=1S/C33H43N3O5S/c1-7-26(6)34-33(38)31(8-2)35(22-27-14-10-24(4)11-15-27)32(37)23-36(28-16-12-25(5)13-17-28)42(39,40)30-20-18-29(19-21-30)41-9-3/h10-21,26,31H,7-9,22-23H2,1-6H3,(H,34,38)/t26-,31-/m0/s1. The SMILES string of the molecule is CCOc1ccc(S(=O)(=O)N(CC(=O)N(Cc2ccc(C)cc2)[C@@H](CC)C(=O)N[C@@H](C)CC)c2ccc(C)cc2)cc1. The molecule has 0 aromatic heterocycles. The lowest BCUT2D eigenvalue weighted by Crippen LogP contribution is -2.53. The van der Waals surface area contributed by atoms with Gasteiger partial charge >= 0.3 is 0 Å². The van der Waals surface area contributed by atoms with Gasteiger partial charge in [0, 0.05) is 12.6 Å². The Bertz CT molecular complexity index is 1420. The minimum Gasteiger partial charge on any atom is -0.494 e. The second-order valence-electron chi connectivity index (χ2n) is 10.5. The first-order chi connectivity index (χ1) is 20.0. The smallest absolute Gasteiger partial charge is 0.264 e. The molecule has 0 heterocycles. The number of amides is 2. The van der Waals surface area contributed by atoms with Crippen LogP contribution in [0.4, 0.5) is 5.69 Å². The number of hydrogen-bond donors (Lipinski definition) is 1. The zero-order chi connectivity index (χ0) is 30.9. The van der Waals surface area contributed by atoms with Crippen molar-refractivity contribution in [1.29, 1.82) is 0 Å². The number of anilines is 1. The van der Waals surface area contributed by atoms with Gasteiger partial charge in [0.25, 0.3) is 10.0 Å². The predicted octanol–water partition coefficient (Wildman–Crippen LogP) is 5.62. The molecule has 3 aromatic carbocycles. The minimum atomic E-state index is -4.15. The Kier molecular flexibility index (Phi) is 11.6. The summed E-state index contributed by atoms with van der Waals surface area (Å²) in [5.41, 5.74) is 3.23. The Morgan fingerprint density at radius 2 is 1.40 bits per heavy atom. The van der Waals surface area contributed by atoms with Crippen molar-refractivity contribution in [1.82, 2.24) is 10.2 Å². The van der Waals surface area contributed by atoms with E-state index in [1.807, 2.05) is 65.8 Å². The van der Waals surface area contributed by atoms with Gasteiger partial charge in [-0.2, -0.15) is 0 Å². The second kappa shape index (κ2) is 14.9. The topological polar surface area (TPSA) is 96.0 Å². The van der Waals surface area contributed by atoms with E-state index in [1.54, 1.807) is 36.4 Å². The van der Waals surface area contributed by atoms with Crippen molar-refractivity contribution in [3.05, 3.63) is 89.5 Å². The third-order valence-electron chi connectivity index (χ3n) is 7.18. The first kappa shape index (κ1) is 32.7. The van der Waals surface area contributed by atoms with Gasteiger partial charge in [0.2, 0.25) is 11.8 Å². The fraction of sp³-hybridized carbons (Fsp3) is 0.394. The molecule has 42 heavy (non-hydrogen) atoms. The Balaban J connectivity index is 2.04. The zero-order valence-corrected chi connectivity index (χ0v) is 26.3. The van der Waals surface area contributed by atoms with Crippen LogP contribution in [-0.2, 0) is 26.2 Å². The molecule has 0 aliphatic heterocycles. The summed E-state index contributed by atoms with van der Waals surface area (Å²) in [5.74, 6) is -0.183. The molecule has 2 amide bonds. The van der Waals surface area contributed by atoms with Gasteiger partial charge in [-0.05, 0) is 82.5 Å². The van der Waals surface area contributed by atoms with E-state index in [2.05, 4.69) is 5.32 Å². The van der Waals surface area contributed by atoms with Crippen molar-refractivity contribution in [2.45, 2.75) is 77.9 Å². The van der Waals surface area contributed by atoms with Crippen LogP contribution in [0.15, 0.2) is 77.7 Å². The molecule has 0 saturated carbocycles. The lowest BCUT2D eigenvalue weighted by molar-refractivity contribution is -0.140. The molecule has 0 spiro atoms. The van der Waals surface area contributed by atoms with Crippen LogP contribution in [0.2, 0.25) is 0 Å². The van der Waals surface area contributed by atoms with Crippen LogP contribution in [0.1, 0.15) is 57.2 Å². The zero-order valence-electron chi connectivity index (χ0n) is 25.5. The van der Waals surface area contributed by atoms with Gasteiger partial charge in [0.15, 0.2) is 0 Å². The molecule has 0 bridgehead atoms. The first-order valence-corrected chi connectivity index (χ1v) is 15.9. The molecule has 0 aliphatic carbocycles.